The SMILES string of the molecule is CCN1CCN(CC=O)CCN(CC=O)C(C)CN(CC=O)CC1. The number of aldehydes is 3. The molecule has 138 valence electrons. The van der Waals surface area contributed by atoms with Crippen molar-refractivity contribution in [2.75, 3.05) is 72.0 Å². The fourth-order valence-electron chi connectivity index (χ4n) is 3.10. The van der Waals surface area contributed by atoms with Crippen LogP contribution >= 0.6 is 0 Å². The molecular formula is C17H32N4O3. The molecular weight excluding hydrogens is 308 g/mol. The molecule has 1 aliphatic rings. The van der Waals surface area contributed by atoms with E-state index in [4.69, 9.17) is 0 Å². The highest BCUT2D eigenvalue weighted by Gasteiger charge is 2.20. The van der Waals surface area contributed by atoms with E-state index in [1.54, 1.807) is 0 Å². The van der Waals surface area contributed by atoms with Gasteiger partial charge in [0.1, 0.15) is 18.9 Å². The predicted molar refractivity (Wildman–Crippen MR) is 94.2 cm³/mol. The summed E-state index contributed by atoms with van der Waals surface area (Å²) in [5.74, 6) is 0. The molecule has 0 aromatic heterocycles. The monoisotopic (exact) mass is 340 g/mol. The summed E-state index contributed by atoms with van der Waals surface area (Å²) in [5, 5.41) is 0. The maximum Gasteiger partial charge on any atom is 0.133 e. The Morgan fingerprint density at radius 2 is 1.25 bits per heavy atom. The minimum absolute atomic E-state index is 0.183. The quantitative estimate of drug-likeness (QED) is 0.563. The Bertz CT molecular complexity index is 381. The number of hydrogen-bond acceptors (Lipinski definition) is 7. The van der Waals surface area contributed by atoms with Crippen molar-refractivity contribution in [2.24, 2.45) is 0 Å². The maximum atomic E-state index is 11.0. The van der Waals surface area contributed by atoms with Crippen LogP contribution in [0.2, 0.25) is 0 Å². The highest BCUT2D eigenvalue weighted by Crippen LogP contribution is 2.05. The van der Waals surface area contributed by atoms with Crippen molar-refractivity contribution in [1.82, 2.24) is 19.6 Å². The molecule has 0 amide bonds. The predicted octanol–water partition coefficient (Wildman–Crippen LogP) is -0.787. The number of hydrogen-bond donors (Lipinski definition) is 0. The van der Waals surface area contributed by atoms with E-state index in [9.17, 15) is 14.4 Å². The van der Waals surface area contributed by atoms with Crippen LogP contribution in [0.4, 0.5) is 0 Å². The second-order valence-electron chi connectivity index (χ2n) is 6.34. The summed E-state index contributed by atoms with van der Waals surface area (Å²) >= 11 is 0. The molecule has 0 saturated carbocycles. The van der Waals surface area contributed by atoms with Gasteiger partial charge in [-0.3, -0.25) is 14.7 Å². The normalized spacial score (nSPS) is 24.0. The zero-order chi connectivity index (χ0) is 17.8. The molecule has 1 saturated heterocycles. The minimum atomic E-state index is 0.183. The second kappa shape index (κ2) is 12.2. The van der Waals surface area contributed by atoms with Gasteiger partial charge in [-0.15, -0.1) is 0 Å². The Labute approximate surface area is 145 Å². The van der Waals surface area contributed by atoms with E-state index in [2.05, 4.69) is 33.4 Å². The zero-order valence-electron chi connectivity index (χ0n) is 15.1. The molecule has 1 unspecified atom stereocenters. The van der Waals surface area contributed by atoms with Crippen molar-refractivity contribution in [3.8, 4) is 0 Å². The highest BCUT2D eigenvalue weighted by atomic mass is 16.1. The molecule has 7 heteroatoms. The van der Waals surface area contributed by atoms with Gasteiger partial charge in [-0.05, 0) is 13.5 Å². The zero-order valence-corrected chi connectivity index (χ0v) is 15.1. The fraction of sp³-hybridized carbons (Fsp3) is 0.824. The molecule has 0 radical (unpaired) electrons. The molecule has 1 rings (SSSR count). The first-order valence-electron chi connectivity index (χ1n) is 8.86. The van der Waals surface area contributed by atoms with E-state index in [0.29, 0.717) is 19.6 Å². The summed E-state index contributed by atoms with van der Waals surface area (Å²) in [6.07, 6.45) is 2.82. The van der Waals surface area contributed by atoms with Crippen LogP contribution in [0.15, 0.2) is 0 Å². The second-order valence-corrected chi connectivity index (χ2v) is 6.34. The van der Waals surface area contributed by atoms with E-state index >= 15 is 0 Å². The van der Waals surface area contributed by atoms with Crippen LogP contribution in [0.5, 0.6) is 0 Å². The number of likely N-dealkylation sites (N-methyl/N-ethyl adjacent to an activating group) is 1. The molecule has 1 fully saturated rings. The van der Waals surface area contributed by atoms with E-state index in [1.807, 2.05) is 0 Å². The number of carbonyl (C=O) groups excluding carboxylic acids is 3. The Morgan fingerprint density at radius 1 is 0.750 bits per heavy atom. The fourth-order valence-corrected chi connectivity index (χ4v) is 3.10. The molecule has 1 aliphatic heterocycles. The first-order valence-corrected chi connectivity index (χ1v) is 8.86. The molecule has 0 aromatic carbocycles. The van der Waals surface area contributed by atoms with Crippen LogP contribution in [0.1, 0.15) is 13.8 Å². The van der Waals surface area contributed by atoms with Gasteiger partial charge in [-0.1, -0.05) is 6.92 Å². The van der Waals surface area contributed by atoms with Crippen molar-refractivity contribution < 1.29 is 14.4 Å². The van der Waals surface area contributed by atoms with E-state index in [1.165, 1.54) is 0 Å². The summed E-state index contributed by atoms with van der Waals surface area (Å²) in [5.41, 5.74) is 0. The first-order chi connectivity index (χ1) is 11.6. The van der Waals surface area contributed by atoms with Gasteiger partial charge in [0.15, 0.2) is 0 Å². The molecule has 0 spiro atoms. The average Bonchev–Trinajstić information content (AvgIpc) is 2.57. The summed E-state index contributed by atoms with van der Waals surface area (Å²) in [7, 11) is 0. The van der Waals surface area contributed by atoms with Crippen LogP contribution in [0.3, 0.4) is 0 Å². The Balaban J connectivity index is 2.82. The Kier molecular flexibility index (Phi) is 10.7. The lowest BCUT2D eigenvalue weighted by atomic mass is 10.2. The Hall–Kier alpha value is -1.15. The largest absolute Gasteiger partial charge is 0.302 e. The lowest BCUT2D eigenvalue weighted by molar-refractivity contribution is -0.111. The smallest absolute Gasteiger partial charge is 0.133 e. The van der Waals surface area contributed by atoms with E-state index < -0.39 is 0 Å². The summed E-state index contributed by atoms with van der Waals surface area (Å²) < 4.78 is 0. The van der Waals surface area contributed by atoms with Crippen LogP contribution in [-0.2, 0) is 14.4 Å². The number of carbonyl (C=O) groups is 3. The summed E-state index contributed by atoms with van der Waals surface area (Å²) in [6.45, 7) is 12.2. The van der Waals surface area contributed by atoms with Crippen molar-refractivity contribution in [2.45, 2.75) is 19.9 Å². The minimum Gasteiger partial charge on any atom is -0.302 e. The van der Waals surface area contributed by atoms with Gasteiger partial charge in [0.25, 0.3) is 0 Å². The third kappa shape index (κ3) is 7.61. The van der Waals surface area contributed by atoms with Crippen LogP contribution in [0.25, 0.3) is 0 Å². The molecule has 0 aromatic rings. The molecule has 24 heavy (non-hydrogen) atoms. The molecule has 1 atom stereocenters. The third-order valence-corrected chi connectivity index (χ3v) is 4.74. The molecule has 7 nitrogen and oxygen atoms in total. The molecule has 0 bridgehead atoms. The molecule has 0 N–H and O–H groups in total. The van der Waals surface area contributed by atoms with Crippen molar-refractivity contribution >= 4 is 18.9 Å². The van der Waals surface area contributed by atoms with Gasteiger partial charge in [0, 0.05) is 51.9 Å². The van der Waals surface area contributed by atoms with Crippen molar-refractivity contribution in [3.05, 3.63) is 0 Å². The lowest BCUT2D eigenvalue weighted by Gasteiger charge is -2.35. The first kappa shape index (κ1) is 20.9. The third-order valence-electron chi connectivity index (χ3n) is 4.74. The van der Waals surface area contributed by atoms with E-state index in [-0.39, 0.29) is 6.04 Å². The number of rotatable bonds is 7. The number of nitrogens with zero attached hydrogens (tertiary/aromatic N) is 4. The van der Waals surface area contributed by atoms with Crippen molar-refractivity contribution in [3.63, 3.8) is 0 Å². The lowest BCUT2D eigenvalue weighted by Crippen LogP contribution is -2.50. The van der Waals surface area contributed by atoms with Gasteiger partial charge < -0.3 is 19.3 Å². The van der Waals surface area contributed by atoms with Gasteiger partial charge in [0.05, 0.1) is 19.6 Å². The van der Waals surface area contributed by atoms with Crippen molar-refractivity contribution in [1.29, 1.82) is 0 Å². The van der Waals surface area contributed by atoms with Gasteiger partial charge in [-0.2, -0.15) is 0 Å². The van der Waals surface area contributed by atoms with Gasteiger partial charge in [0.2, 0.25) is 0 Å². The Morgan fingerprint density at radius 3 is 1.83 bits per heavy atom. The topological polar surface area (TPSA) is 64.2 Å². The molecule has 1 heterocycles. The molecule has 0 aliphatic carbocycles. The average molecular weight is 340 g/mol. The van der Waals surface area contributed by atoms with Gasteiger partial charge >= 0.3 is 0 Å². The van der Waals surface area contributed by atoms with Crippen LogP contribution in [0, 0.1) is 0 Å². The highest BCUT2D eigenvalue weighted by molar-refractivity contribution is 5.53. The van der Waals surface area contributed by atoms with E-state index in [0.717, 1.165) is 71.2 Å². The van der Waals surface area contributed by atoms with Crippen LogP contribution in [-0.4, -0.2) is 116 Å². The summed E-state index contributed by atoms with van der Waals surface area (Å²) in [6, 6.07) is 0.183. The van der Waals surface area contributed by atoms with Crippen LogP contribution < -0.4 is 0 Å². The standard InChI is InChI=1S/C17H32N4O3/c1-3-18-4-6-19(10-13-22)8-9-21(12-15-24)17(2)16-20(7-5-18)11-14-23/h13-15,17H,3-12,16H2,1-2H3. The van der Waals surface area contributed by atoms with Gasteiger partial charge in [-0.25, -0.2) is 0 Å². The maximum absolute atomic E-state index is 11.0. The summed E-state index contributed by atoms with van der Waals surface area (Å²) in [4.78, 5) is 41.7.